The molecular formula is C38H47BrN6O9S. The van der Waals surface area contributed by atoms with Crippen LogP contribution in [-0.2, 0) is 23.9 Å². The van der Waals surface area contributed by atoms with Gasteiger partial charge in [0, 0.05) is 29.2 Å². The number of carboxylic acid groups (broad SMARTS) is 1. The third kappa shape index (κ3) is 8.82. The fraction of sp³-hybridized carbons (Fsp3) is 0.553. The van der Waals surface area contributed by atoms with E-state index in [0.29, 0.717) is 43.4 Å². The summed E-state index contributed by atoms with van der Waals surface area (Å²) in [7, 11) is 1.54. The molecule has 0 unspecified atom stereocenters. The molecule has 2 saturated carbocycles. The monoisotopic (exact) mass is 842 g/mol. The Balaban J connectivity index is 1.33. The van der Waals surface area contributed by atoms with Crippen LogP contribution in [0.25, 0.3) is 22.3 Å². The van der Waals surface area contributed by atoms with Crippen LogP contribution < -0.4 is 25.4 Å². The van der Waals surface area contributed by atoms with E-state index in [2.05, 4.69) is 36.9 Å². The molecule has 15 nitrogen and oxygen atoms in total. The number of benzene rings is 1. The van der Waals surface area contributed by atoms with Crippen molar-refractivity contribution in [2.75, 3.05) is 19.0 Å². The first kappa shape index (κ1) is 40.2. The predicted octanol–water partition coefficient (Wildman–Crippen LogP) is 5.89. The molecule has 0 radical (unpaired) electrons. The fourth-order valence-electron chi connectivity index (χ4n) is 6.81. The molecule has 17 heteroatoms. The molecule has 2 aliphatic carbocycles. The quantitative estimate of drug-likeness (QED) is 0.170. The Morgan fingerprint density at radius 1 is 1.04 bits per heavy atom. The van der Waals surface area contributed by atoms with E-state index in [4.69, 9.17) is 19.2 Å². The second-order valence-electron chi connectivity index (χ2n) is 15.8. The molecule has 1 saturated heterocycles. The van der Waals surface area contributed by atoms with Crippen LogP contribution in [0.4, 0.5) is 9.93 Å². The van der Waals surface area contributed by atoms with E-state index in [1.165, 1.54) is 23.3 Å². The van der Waals surface area contributed by atoms with Gasteiger partial charge in [-0.1, -0.05) is 34.6 Å². The number of anilines is 1. The molecule has 3 atom stereocenters. The third-order valence-electron chi connectivity index (χ3n) is 10.2. The van der Waals surface area contributed by atoms with Crippen LogP contribution in [0.3, 0.4) is 0 Å². The van der Waals surface area contributed by atoms with Gasteiger partial charge in [-0.05, 0) is 72.0 Å². The number of ether oxygens (including phenoxy) is 3. The topological polar surface area (TPSA) is 198 Å². The Bertz CT molecular complexity index is 1990. The number of pyridine rings is 1. The molecule has 1 aromatic carbocycles. The van der Waals surface area contributed by atoms with Crippen LogP contribution in [0.5, 0.6) is 11.5 Å². The number of carbonyl (C=O) groups excluding carboxylic acids is 4. The molecule has 1 aliphatic heterocycles. The number of alkyl carbamates (subject to hydrolysis) is 1. The van der Waals surface area contributed by atoms with E-state index < -0.39 is 53.0 Å². The van der Waals surface area contributed by atoms with Crippen LogP contribution in [-0.4, -0.2) is 93.2 Å². The Labute approximate surface area is 331 Å². The molecule has 4 N–H and O–H groups in total. The molecule has 3 aliphatic rings. The number of nitrogens with one attached hydrogen (secondary N) is 3. The van der Waals surface area contributed by atoms with Crippen molar-refractivity contribution in [1.29, 1.82) is 0 Å². The lowest BCUT2D eigenvalue weighted by molar-refractivity contribution is -0.146. The van der Waals surface area contributed by atoms with Gasteiger partial charge in [-0.2, -0.15) is 0 Å². The molecule has 296 valence electrons. The van der Waals surface area contributed by atoms with Crippen LogP contribution in [0, 0.1) is 11.3 Å². The van der Waals surface area contributed by atoms with Crippen molar-refractivity contribution in [3.05, 3.63) is 28.1 Å². The summed E-state index contributed by atoms with van der Waals surface area (Å²) in [5.41, 5.74) is -0.749. The number of rotatable bonds is 12. The molecular weight excluding hydrogens is 796 g/mol. The summed E-state index contributed by atoms with van der Waals surface area (Å²) < 4.78 is 18.4. The Kier molecular flexibility index (Phi) is 11.6. The molecule has 3 fully saturated rings. The number of carboxylic acids is 1. The number of likely N-dealkylation sites (tertiary alicyclic amines) is 1. The lowest BCUT2D eigenvalue weighted by atomic mass is 9.85. The first-order valence-electron chi connectivity index (χ1n) is 18.4. The lowest BCUT2D eigenvalue weighted by Crippen LogP contribution is -2.59. The van der Waals surface area contributed by atoms with Crippen molar-refractivity contribution in [3.8, 4) is 22.9 Å². The van der Waals surface area contributed by atoms with Crippen molar-refractivity contribution in [3.63, 3.8) is 0 Å². The SMILES string of the molecule is COc1ccc2c(O[C@@H]3C[C@@H](C(=O)NC4(C(=O)O)CC4)N(C(=O)[C@@H](NC(=O)OC4CCCC4)C(C)(C)C)C3)cc(-c3csc(NC(=O)C(C)C)n3)nc2c1Br. The van der Waals surface area contributed by atoms with Crippen molar-refractivity contribution in [1.82, 2.24) is 25.5 Å². The second kappa shape index (κ2) is 15.9. The van der Waals surface area contributed by atoms with E-state index in [1.807, 2.05) is 20.8 Å². The fourth-order valence-corrected chi connectivity index (χ4v) is 8.11. The van der Waals surface area contributed by atoms with Crippen LogP contribution in [0.1, 0.15) is 79.6 Å². The summed E-state index contributed by atoms with van der Waals surface area (Å²) in [6.07, 6.45) is 2.36. The van der Waals surface area contributed by atoms with E-state index in [0.717, 1.165) is 25.7 Å². The molecule has 4 amide bonds. The first-order valence-corrected chi connectivity index (χ1v) is 20.1. The number of nitrogens with zero attached hydrogens (tertiary/aromatic N) is 3. The molecule has 0 spiro atoms. The normalized spacial score (nSPS) is 19.9. The number of fused-ring (bicyclic) bond motifs is 1. The Morgan fingerprint density at radius 2 is 1.75 bits per heavy atom. The number of amides is 4. The Morgan fingerprint density at radius 3 is 2.36 bits per heavy atom. The van der Waals surface area contributed by atoms with Crippen molar-refractivity contribution in [2.24, 2.45) is 11.3 Å². The van der Waals surface area contributed by atoms with Gasteiger partial charge in [-0.15, -0.1) is 11.3 Å². The summed E-state index contributed by atoms with van der Waals surface area (Å²) in [6.45, 7) is 8.96. The zero-order chi connectivity index (χ0) is 39.8. The number of hydrogen-bond acceptors (Lipinski definition) is 11. The summed E-state index contributed by atoms with van der Waals surface area (Å²) in [4.78, 5) is 76.8. The summed E-state index contributed by atoms with van der Waals surface area (Å²) in [6, 6.07) is 3.09. The maximum atomic E-state index is 14.5. The molecule has 0 bridgehead atoms. The van der Waals surface area contributed by atoms with Gasteiger partial charge in [0.2, 0.25) is 17.7 Å². The third-order valence-corrected chi connectivity index (χ3v) is 11.7. The van der Waals surface area contributed by atoms with Gasteiger partial charge in [0.05, 0.1) is 29.3 Å². The van der Waals surface area contributed by atoms with Crippen molar-refractivity contribution >= 4 is 73.1 Å². The van der Waals surface area contributed by atoms with E-state index in [-0.39, 0.29) is 43.7 Å². The molecule has 2 aromatic heterocycles. The largest absolute Gasteiger partial charge is 0.495 e. The predicted molar refractivity (Wildman–Crippen MR) is 208 cm³/mol. The molecule has 55 heavy (non-hydrogen) atoms. The summed E-state index contributed by atoms with van der Waals surface area (Å²) in [5, 5.41) is 20.9. The number of thiazole rings is 1. The molecule has 3 aromatic rings. The van der Waals surface area contributed by atoms with E-state index in [1.54, 1.807) is 37.4 Å². The second-order valence-corrected chi connectivity index (χ2v) is 17.4. The minimum absolute atomic E-state index is 0.0369. The average Bonchev–Trinajstić information content (AvgIpc) is 3.46. The van der Waals surface area contributed by atoms with Crippen molar-refractivity contribution < 1.29 is 43.3 Å². The van der Waals surface area contributed by atoms with Gasteiger partial charge in [-0.25, -0.2) is 19.6 Å². The lowest BCUT2D eigenvalue weighted by Gasteiger charge is -2.35. The van der Waals surface area contributed by atoms with Crippen LogP contribution >= 0.6 is 27.3 Å². The highest BCUT2D eigenvalue weighted by Crippen LogP contribution is 2.41. The van der Waals surface area contributed by atoms with E-state index in [9.17, 15) is 29.1 Å². The summed E-state index contributed by atoms with van der Waals surface area (Å²) in [5.74, 6) is -1.78. The van der Waals surface area contributed by atoms with Gasteiger partial charge in [0.25, 0.3) is 0 Å². The van der Waals surface area contributed by atoms with Crippen LogP contribution in [0.15, 0.2) is 28.1 Å². The molecule has 3 heterocycles. The number of aliphatic carboxylic acids is 1. The minimum Gasteiger partial charge on any atom is -0.495 e. The van der Waals surface area contributed by atoms with Gasteiger partial charge in [0.15, 0.2) is 5.13 Å². The van der Waals surface area contributed by atoms with E-state index >= 15 is 0 Å². The maximum Gasteiger partial charge on any atom is 0.408 e. The number of carbonyl (C=O) groups is 5. The maximum absolute atomic E-state index is 14.5. The highest BCUT2D eigenvalue weighted by molar-refractivity contribution is 9.10. The average molecular weight is 844 g/mol. The highest BCUT2D eigenvalue weighted by Gasteiger charge is 2.54. The molecule has 6 rings (SSSR count). The van der Waals surface area contributed by atoms with Gasteiger partial charge < -0.3 is 40.2 Å². The van der Waals surface area contributed by atoms with Gasteiger partial charge in [-0.3, -0.25) is 14.4 Å². The van der Waals surface area contributed by atoms with Gasteiger partial charge >= 0.3 is 12.1 Å². The number of halogens is 1. The first-order chi connectivity index (χ1) is 26.0. The number of methoxy groups -OCH3 is 1. The van der Waals surface area contributed by atoms with Crippen molar-refractivity contribution in [2.45, 2.75) is 109 Å². The van der Waals surface area contributed by atoms with Crippen LogP contribution in [0.2, 0.25) is 0 Å². The van der Waals surface area contributed by atoms with Gasteiger partial charge in [0.1, 0.15) is 47.0 Å². The zero-order valence-electron chi connectivity index (χ0n) is 31.7. The standard InChI is InChI=1S/C38H47BrN6O9S/c1-19(2)31(46)43-35-41-24(18-55-35)23-16-27(22-11-12-26(52-6)28(39)29(22)40-23)53-21-15-25(32(47)44-38(13-14-38)34(49)50)45(17-21)33(48)30(37(3,4)5)42-36(51)54-20-9-7-8-10-20/h11-12,16,18-21,25,30H,7-10,13-15,17H2,1-6H3,(H,42,51)(H,44,47)(H,49,50)(H,41,43,46)/t21-,25+,30-/m1/s1. The Hall–Kier alpha value is -4.51. The highest BCUT2D eigenvalue weighted by atomic mass is 79.9. The smallest absolute Gasteiger partial charge is 0.408 e. The minimum atomic E-state index is -1.39. The number of aromatic nitrogens is 2. The zero-order valence-corrected chi connectivity index (χ0v) is 34.1. The number of hydrogen-bond donors (Lipinski definition) is 4. The summed E-state index contributed by atoms with van der Waals surface area (Å²) >= 11 is 4.87.